The molecule has 0 aromatic heterocycles. The van der Waals surface area contributed by atoms with Crippen molar-refractivity contribution in [2.24, 2.45) is 5.92 Å². The van der Waals surface area contributed by atoms with Gasteiger partial charge in [0.2, 0.25) is 0 Å². The van der Waals surface area contributed by atoms with Crippen molar-refractivity contribution in [2.45, 2.75) is 26.7 Å². The minimum Gasteiger partial charge on any atom is -0.492 e. The van der Waals surface area contributed by atoms with Gasteiger partial charge < -0.3 is 19.7 Å². The zero-order valence-electron chi connectivity index (χ0n) is 13.7. The third kappa shape index (κ3) is 4.61. The number of carbonyl (C=O) groups excluding carboxylic acids is 2. The Labute approximate surface area is 136 Å². The normalized spacial score (nSPS) is 17.5. The van der Waals surface area contributed by atoms with Crippen LogP contribution in [0.3, 0.4) is 0 Å². The number of anilines is 1. The smallest absolute Gasteiger partial charge is 0.321 e. The van der Waals surface area contributed by atoms with Crippen molar-refractivity contribution in [3.05, 3.63) is 24.3 Å². The van der Waals surface area contributed by atoms with Gasteiger partial charge in [0.25, 0.3) is 0 Å². The summed E-state index contributed by atoms with van der Waals surface area (Å²) in [5.41, 5.74) is 0.637. The van der Waals surface area contributed by atoms with Gasteiger partial charge >= 0.3 is 12.0 Å². The number of piperidine rings is 1. The van der Waals surface area contributed by atoms with E-state index >= 15 is 0 Å². The van der Waals surface area contributed by atoms with E-state index < -0.39 is 0 Å². The maximum atomic E-state index is 12.5. The summed E-state index contributed by atoms with van der Waals surface area (Å²) in [5, 5.41) is 2.87. The average molecular weight is 320 g/mol. The maximum absolute atomic E-state index is 12.5. The fraction of sp³-hybridized carbons (Fsp3) is 0.529. The zero-order chi connectivity index (χ0) is 16.7. The fourth-order valence-electron chi connectivity index (χ4n) is 2.66. The molecule has 0 bridgehead atoms. The van der Waals surface area contributed by atoms with Crippen molar-refractivity contribution < 1.29 is 19.1 Å². The molecular formula is C17H24N2O4. The Balaban J connectivity index is 1.99. The highest BCUT2D eigenvalue weighted by molar-refractivity contribution is 5.91. The van der Waals surface area contributed by atoms with Crippen LogP contribution >= 0.6 is 0 Å². The Bertz CT molecular complexity index is 547. The maximum Gasteiger partial charge on any atom is 0.321 e. The lowest BCUT2D eigenvalue weighted by Crippen LogP contribution is -2.44. The fourth-order valence-corrected chi connectivity index (χ4v) is 2.66. The summed E-state index contributed by atoms with van der Waals surface area (Å²) in [6.07, 6.45) is 1.56. The lowest BCUT2D eigenvalue weighted by atomic mass is 9.98. The molecule has 1 unspecified atom stereocenters. The summed E-state index contributed by atoms with van der Waals surface area (Å²) in [4.78, 5) is 26.0. The lowest BCUT2D eigenvalue weighted by Gasteiger charge is -2.31. The molecule has 1 aliphatic rings. The third-order valence-corrected chi connectivity index (χ3v) is 3.76. The summed E-state index contributed by atoms with van der Waals surface area (Å²) >= 11 is 0. The molecule has 6 nitrogen and oxygen atoms in total. The van der Waals surface area contributed by atoms with Crippen LogP contribution in [0.1, 0.15) is 26.7 Å². The zero-order valence-corrected chi connectivity index (χ0v) is 13.7. The van der Waals surface area contributed by atoms with E-state index in [-0.39, 0.29) is 17.9 Å². The lowest BCUT2D eigenvalue weighted by molar-refractivity contribution is -0.149. The van der Waals surface area contributed by atoms with Crippen LogP contribution in [-0.4, -0.2) is 43.2 Å². The summed E-state index contributed by atoms with van der Waals surface area (Å²) in [5.74, 6) is 0.179. The van der Waals surface area contributed by atoms with Gasteiger partial charge in [-0.1, -0.05) is 12.1 Å². The van der Waals surface area contributed by atoms with E-state index in [1.807, 2.05) is 25.1 Å². The van der Waals surface area contributed by atoms with Crippen molar-refractivity contribution in [3.63, 3.8) is 0 Å². The van der Waals surface area contributed by atoms with Crippen LogP contribution in [0, 0.1) is 5.92 Å². The molecular weight excluding hydrogens is 296 g/mol. The molecule has 23 heavy (non-hydrogen) atoms. The molecule has 0 saturated carbocycles. The van der Waals surface area contributed by atoms with Gasteiger partial charge in [-0.25, -0.2) is 4.79 Å². The van der Waals surface area contributed by atoms with E-state index in [4.69, 9.17) is 9.47 Å². The van der Waals surface area contributed by atoms with E-state index in [2.05, 4.69) is 5.32 Å². The summed E-state index contributed by atoms with van der Waals surface area (Å²) in [7, 11) is 0. The Hall–Kier alpha value is -2.24. The van der Waals surface area contributed by atoms with Crippen molar-refractivity contribution >= 4 is 17.7 Å². The highest BCUT2D eigenvalue weighted by Crippen LogP contribution is 2.25. The first-order valence-corrected chi connectivity index (χ1v) is 8.10. The average Bonchev–Trinajstić information content (AvgIpc) is 2.57. The molecule has 1 saturated heterocycles. The quantitative estimate of drug-likeness (QED) is 0.847. The van der Waals surface area contributed by atoms with Gasteiger partial charge in [-0.2, -0.15) is 0 Å². The molecule has 1 aromatic carbocycles. The second kappa shape index (κ2) is 8.41. The van der Waals surface area contributed by atoms with Crippen molar-refractivity contribution in [3.8, 4) is 5.75 Å². The second-order valence-electron chi connectivity index (χ2n) is 5.40. The van der Waals surface area contributed by atoms with Crippen LogP contribution in [0.25, 0.3) is 0 Å². The molecule has 0 radical (unpaired) electrons. The number of likely N-dealkylation sites (tertiary alicyclic amines) is 1. The Morgan fingerprint density at radius 2 is 2.04 bits per heavy atom. The van der Waals surface area contributed by atoms with Crippen LogP contribution in [0.2, 0.25) is 0 Å². The van der Waals surface area contributed by atoms with Gasteiger partial charge in [0.15, 0.2) is 0 Å². The number of amides is 2. The summed E-state index contributed by atoms with van der Waals surface area (Å²) in [6, 6.07) is 7.10. The Kier molecular flexibility index (Phi) is 6.26. The van der Waals surface area contributed by atoms with E-state index in [9.17, 15) is 9.59 Å². The summed E-state index contributed by atoms with van der Waals surface area (Å²) < 4.78 is 10.6. The highest BCUT2D eigenvalue weighted by Gasteiger charge is 2.29. The van der Waals surface area contributed by atoms with Crippen LogP contribution in [0.15, 0.2) is 24.3 Å². The first kappa shape index (κ1) is 17.1. The standard InChI is InChI=1S/C17H24N2O4/c1-3-22-15-10-6-5-9-14(15)18-17(21)19-11-7-8-13(12-19)16(20)23-4-2/h5-6,9-10,13H,3-4,7-8,11-12H2,1-2H3,(H,18,21). The highest BCUT2D eigenvalue weighted by atomic mass is 16.5. The third-order valence-electron chi connectivity index (χ3n) is 3.76. The van der Waals surface area contributed by atoms with E-state index in [1.54, 1.807) is 17.9 Å². The van der Waals surface area contributed by atoms with Crippen molar-refractivity contribution in [2.75, 3.05) is 31.6 Å². The summed E-state index contributed by atoms with van der Waals surface area (Å²) in [6.45, 7) is 5.61. The number of hydrogen-bond donors (Lipinski definition) is 1. The molecule has 126 valence electrons. The number of nitrogens with zero attached hydrogens (tertiary/aromatic N) is 1. The number of ether oxygens (including phenoxy) is 2. The minimum absolute atomic E-state index is 0.217. The topological polar surface area (TPSA) is 67.9 Å². The number of benzene rings is 1. The molecule has 2 rings (SSSR count). The van der Waals surface area contributed by atoms with Crippen LogP contribution in [0.5, 0.6) is 5.75 Å². The Morgan fingerprint density at radius 3 is 2.78 bits per heavy atom. The molecule has 0 spiro atoms. The number of nitrogens with one attached hydrogen (secondary N) is 1. The largest absolute Gasteiger partial charge is 0.492 e. The monoisotopic (exact) mass is 320 g/mol. The molecule has 2 amide bonds. The Morgan fingerprint density at radius 1 is 1.26 bits per heavy atom. The van der Waals surface area contributed by atoms with Crippen LogP contribution in [0.4, 0.5) is 10.5 Å². The molecule has 6 heteroatoms. The van der Waals surface area contributed by atoms with Crippen LogP contribution < -0.4 is 10.1 Å². The SMILES string of the molecule is CCOC(=O)C1CCCN(C(=O)Nc2ccccc2OCC)C1. The van der Waals surface area contributed by atoms with Gasteiger partial charge in [0.1, 0.15) is 5.75 Å². The van der Waals surface area contributed by atoms with Crippen molar-refractivity contribution in [1.29, 1.82) is 0 Å². The number of esters is 1. The first-order chi connectivity index (χ1) is 11.2. The molecule has 1 fully saturated rings. The second-order valence-corrected chi connectivity index (χ2v) is 5.40. The van der Waals surface area contributed by atoms with E-state index in [1.165, 1.54) is 0 Å². The molecule has 1 atom stereocenters. The number of para-hydroxylation sites is 2. The molecule has 1 heterocycles. The number of hydrogen-bond acceptors (Lipinski definition) is 4. The van der Waals surface area contributed by atoms with Gasteiger partial charge in [0, 0.05) is 13.1 Å². The van der Waals surface area contributed by atoms with E-state index in [0.717, 1.165) is 12.8 Å². The van der Waals surface area contributed by atoms with Gasteiger partial charge in [0.05, 0.1) is 24.8 Å². The van der Waals surface area contributed by atoms with Gasteiger partial charge in [-0.15, -0.1) is 0 Å². The molecule has 0 aliphatic carbocycles. The molecule has 1 N–H and O–H groups in total. The van der Waals surface area contributed by atoms with Gasteiger partial charge in [-0.3, -0.25) is 4.79 Å². The number of rotatable bonds is 5. The van der Waals surface area contributed by atoms with E-state index in [0.29, 0.717) is 37.7 Å². The predicted molar refractivity (Wildman–Crippen MR) is 87.6 cm³/mol. The number of urea groups is 1. The van der Waals surface area contributed by atoms with Crippen molar-refractivity contribution in [1.82, 2.24) is 4.90 Å². The van der Waals surface area contributed by atoms with Gasteiger partial charge in [-0.05, 0) is 38.8 Å². The molecule has 1 aromatic rings. The first-order valence-electron chi connectivity index (χ1n) is 8.10. The molecule has 1 aliphatic heterocycles. The minimum atomic E-state index is -0.239. The van der Waals surface area contributed by atoms with Crippen LogP contribution in [-0.2, 0) is 9.53 Å². The predicted octanol–water partition coefficient (Wildman–Crippen LogP) is 2.89. The number of carbonyl (C=O) groups is 2.